The monoisotopic (exact) mass is 626 g/mol. The lowest BCUT2D eigenvalue weighted by Gasteiger charge is -2.39. The molecule has 0 spiro atoms. The van der Waals surface area contributed by atoms with Gasteiger partial charge in [0.2, 0.25) is 11.6 Å². The second-order valence-electron chi connectivity index (χ2n) is 10.7. The van der Waals surface area contributed by atoms with E-state index in [4.69, 9.17) is 0 Å². The van der Waals surface area contributed by atoms with Crippen LogP contribution in [0.1, 0.15) is 59.0 Å². The summed E-state index contributed by atoms with van der Waals surface area (Å²) in [7, 11) is -3.94. The Bertz CT molecular complexity index is 1490. The lowest BCUT2D eigenvalue weighted by molar-refractivity contribution is 0.361. The normalized spacial score (nSPS) is 21.4. The highest BCUT2D eigenvalue weighted by molar-refractivity contribution is 6.83. The number of halogens is 10. The fourth-order valence-corrected chi connectivity index (χ4v) is 13.9. The molecule has 1 heterocycles. The highest BCUT2D eigenvalue weighted by atomic mass is 28.3. The third-order valence-electron chi connectivity index (χ3n) is 9.14. The smallest absolute Gasteiger partial charge is 0.200 e. The molecule has 1 fully saturated rings. The van der Waals surface area contributed by atoms with Gasteiger partial charge in [-0.25, -0.2) is 43.9 Å². The Balaban J connectivity index is 2.01. The van der Waals surface area contributed by atoms with Gasteiger partial charge in [-0.2, -0.15) is 0 Å². The highest BCUT2D eigenvalue weighted by Gasteiger charge is 2.64. The number of benzene rings is 4. The summed E-state index contributed by atoms with van der Waals surface area (Å²) >= 11 is 0. The second kappa shape index (κ2) is 11.5. The average Bonchev–Trinajstić information content (AvgIpc) is 3.32. The first-order valence-electron chi connectivity index (χ1n) is 13.6. The molecule has 0 radical (unpaired) electrons. The Labute approximate surface area is 242 Å². The van der Waals surface area contributed by atoms with Crippen LogP contribution in [-0.2, 0) is 0 Å². The fourth-order valence-electron chi connectivity index (χ4n) is 7.33. The predicted octanol–water partition coefficient (Wildman–Crippen LogP) is 10.1. The quantitative estimate of drug-likeness (QED) is 0.0865. The molecule has 0 bridgehead atoms. The van der Waals surface area contributed by atoms with Crippen LogP contribution >= 0.6 is 0 Å². The Morgan fingerprint density at radius 3 is 0.930 bits per heavy atom. The fraction of sp³-hybridized carbons (Fsp3) is 0.250. The predicted molar refractivity (Wildman–Crippen MR) is 143 cm³/mol. The first-order chi connectivity index (χ1) is 20.4. The Morgan fingerprint density at radius 1 is 0.419 bits per heavy atom. The van der Waals surface area contributed by atoms with Crippen LogP contribution in [0.2, 0.25) is 12.1 Å². The van der Waals surface area contributed by atoms with E-state index in [0.717, 1.165) is 0 Å². The van der Waals surface area contributed by atoms with E-state index in [1.807, 2.05) is 0 Å². The van der Waals surface area contributed by atoms with Crippen molar-refractivity contribution in [3.05, 3.63) is 141 Å². The van der Waals surface area contributed by atoms with E-state index in [1.165, 1.54) is 0 Å². The van der Waals surface area contributed by atoms with Crippen LogP contribution in [0.15, 0.2) is 60.7 Å². The van der Waals surface area contributed by atoms with Crippen molar-refractivity contribution in [3.63, 3.8) is 0 Å². The van der Waals surface area contributed by atoms with Gasteiger partial charge in [0, 0.05) is 11.1 Å². The van der Waals surface area contributed by atoms with Crippen LogP contribution in [-0.4, -0.2) is 8.07 Å². The van der Waals surface area contributed by atoms with Crippen LogP contribution in [0.4, 0.5) is 43.9 Å². The molecule has 4 aromatic carbocycles. The van der Waals surface area contributed by atoms with Crippen LogP contribution in [0.3, 0.4) is 0 Å². The van der Waals surface area contributed by atoms with Crippen molar-refractivity contribution >= 4 is 8.07 Å². The maximum atomic E-state index is 15.7. The van der Waals surface area contributed by atoms with Gasteiger partial charge in [0.15, 0.2) is 46.5 Å². The van der Waals surface area contributed by atoms with Crippen LogP contribution < -0.4 is 0 Å². The van der Waals surface area contributed by atoms with E-state index in [0.29, 0.717) is 11.1 Å². The minimum Gasteiger partial charge on any atom is -0.203 e. The minimum atomic E-state index is -3.94. The summed E-state index contributed by atoms with van der Waals surface area (Å²) in [5, 5.41) is 0. The van der Waals surface area contributed by atoms with Crippen molar-refractivity contribution in [2.24, 2.45) is 0 Å². The average molecular weight is 627 g/mol. The first kappa shape index (κ1) is 30.8. The molecule has 5 rings (SSSR count). The van der Waals surface area contributed by atoms with Crippen molar-refractivity contribution < 1.29 is 43.9 Å². The zero-order chi connectivity index (χ0) is 31.4. The van der Waals surface area contributed by atoms with Crippen LogP contribution in [0, 0.1) is 58.2 Å². The van der Waals surface area contributed by atoms with Crippen LogP contribution in [0.25, 0.3) is 0 Å². The maximum Gasteiger partial charge on any atom is 0.200 e. The number of rotatable bonds is 6. The van der Waals surface area contributed by atoms with Crippen LogP contribution in [0.5, 0.6) is 0 Å². The Hall–Kier alpha value is -3.60. The summed E-state index contributed by atoms with van der Waals surface area (Å²) in [5.74, 6) is -24.2. The molecule has 4 atom stereocenters. The van der Waals surface area contributed by atoms with Gasteiger partial charge in [0.1, 0.15) is 0 Å². The number of hydrogen-bond acceptors (Lipinski definition) is 0. The topological polar surface area (TPSA) is 0 Å². The molecule has 4 unspecified atom stereocenters. The van der Waals surface area contributed by atoms with Gasteiger partial charge in [-0.3, -0.25) is 0 Å². The lowest BCUT2D eigenvalue weighted by atomic mass is 9.74. The molecule has 4 aromatic rings. The number of hydrogen-bond donors (Lipinski definition) is 0. The van der Waals surface area contributed by atoms with Crippen molar-refractivity contribution in [3.8, 4) is 0 Å². The molecule has 0 nitrogen and oxygen atoms in total. The molecule has 1 aliphatic heterocycles. The minimum absolute atomic E-state index is 0.0511. The van der Waals surface area contributed by atoms with Gasteiger partial charge >= 0.3 is 0 Å². The zero-order valence-corrected chi connectivity index (χ0v) is 23.8. The molecule has 0 aromatic heterocycles. The van der Waals surface area contributed by atoms with E-state index in [1.54, 1.807) is 74.5 Å². The molecule has 0 aliphatic carbocycles. The highest BCUT2D eigenvalue weighted by Crippen LogP contribution is 2.67. The summed E-state index contributed by atoms with van der Waals surface area (Å²) in [5.41, 5.74) is -4.66. The molecule has 0 saturated carbocycles. The zero-order valence-electron chi connectivity index (χ0n) is 22.8. The maximum absolute atomic E-state index is 15.7. The van der Waals surface area contributed by atoms with Crippen molar-refractivity contribution in [2.45, 2.75) is 48.9 Å². The molecule has 11 heteroatoms. The summed E-state index contributed by atoms with van der Waals surface area (Å²) in [4.78, 5) is 0. The largest absolute Gasteiger partial charge is 0.203 e. The summed E-state index contributed by atoms with van der Waals surface area (Å²) in [6.07, 6.45) is 0. The lowest BCUT2D eigenvalue weighted by Crippen LogP contribution is -2.45. The van der Waals surface area contributed by atoms with Gasteiger partial charge in [0.05, 0.1) is 8.07 Å². The third kappa shape index (κ3) is 4.49. The molecule has 1 aliphatic rings. The molecule has 0 N–H and O–H groups in total. The van der Waals surface area contributed by atoms with E-state index in [9.17, 15) is 26.3 Å². The van der Waals surface area contributed by atoms with Gasteiger partial charge in [-0.05, 0) is 34.0 Å². The van der Waals surface area contributed by atoms with Gasteiger partial charge in [-0.1, -0.05) is 86.6 Å². The van der Waals surface area contributed by atoms with Gasteiger partial charge in [0.25, 0.3) is 0 Å². The molecule has 43 heavy (non-hydrogen) atoms. The molecule has 0 amide bonds. The van der Waals surface area contributed by atoms with Gasteiger partial charge < -0.3 is 0 Å². The molecular formula is C32H24F10Si. The molecular weight excluding hydrogens is 602 g/mol. The van der Waals surface area contributed by atoms with Crippen molar-refractivity contribution in [1.29, 1.82) is 0 Å². The summed E-state index contributed by atoms with van der Waals surface area (Å²) in [6, 6.07) is 15.6. The Morgan fingerprint density at radius 2 is 0.674 bits per heavy atom. The molecule has 1 saturated heterocycles. The van der Waals surface area contributed by atoms with E-state index < -0.39 is 100 Å². The first-order valence-corrected chi connectivity index (χ1v) is 16.1. The van der Waals surface area contributed by atoms with E-state index in [-0.39, 0.29) is 12.1 Å². The third-order valence-corrected chi connectivity index (χ3v) is 15.5. The summed E-state index contributed by atoms with van der Waals surface area (Å²) in [6.45, 7) is 3.09. The van der Waals surface area contributed by atoms with Crippen molar-refractivity contribution in [2.75, 3.05) is 0 Å². The summed E-state index contributed by atoms with van der Waals surface area (Å²) < 4.78 is 150. The van der Waals surface area contributed by atoms with Gasteiger partial charge in [-0.15, -0.1) is 0 Å². The van der Waals surface area contributed by atoms with E-state index >= 15 is 17.6 Å². The van der Waals surface area contributed by atoms with Crippen molar-refractivity contribution in [1.82, 2.24) is 0 Å². The standard InChI is InChI=1S/C32H24F10Si/c1-3-43(4-2)31(19-21(33)25(37)29(41)26(38)22(19)34)17(15-11-7-5-8-12-15)18(16-13-9-6-10-14-16)32(43)20-23(35)27(39)30(42)28(40)24(20)36/h5-14,17-18,31-32H,3-4H2,1-2H3. The Kier molecular flexibility index (Phi) is 8.23. The second-order valence-corrected chi connectivity index (χ2v) is 15.9. The SMILES string of the molecule is CC[Si]1(CC)C(c2c(F)c(F)c(F)c(F)c2F)C(c2ccccc2)C(c2ccccc2)C1c1c(F)c(F)c(F)c(F)c1F. The van der Waals surface area contributed by atoms with E-state index in [2.05, 4.69) is 0 Å². The molecule has 226 valence electrons.